The van der Waals surface area contributed by atoms with Crippen LogP contribution >= 0.6 is 0 Å². The molecule has 0 atom stereocenters. The van der Waals surface area contributed by atoms with Gasteiger partial charge in [0.25, 0.3) is 5.91 Å². The molecule has 2 N–H and O–H groups in total. The molecular formula is C9H17NO3. The van der Waals surface area contributed by atoms with Gasteiger partial charge in [0, 0.05) is 6.42 Å². The van der Waals surface area contributed by atoms with Crippen LogP contribution in [0.3, 0.4) is 0 Å². The number of carbonyl (C=O) groups excluding carboxylic acids is 2. The fourth-order valence-electron chi connectivity index (χ4n) is 0.878. The normalized spacial score (nSPS) is 10.1. The second kappa shape index (κ2) is 6.46. The molecule has 0 aliphatic heterocycles. The monoisotopic (exact) mass is 187 g/mol. The Kier molecular flexibility index (Phi) is 5.93. The van der Waals surface area contributed by atoms with Gasteiger partial charge in [-0.3, -0.25) is 9.59 Å². The number of nitrogens with two attached hydrogens (primary N) is 1. The van der Waals surface area contributed by atoms with E-state index in [0.717, 1.165) is 12.8 Å². The van der Waals surface area contributed by atoms with Crippen LogP contribution in [0.15, 0.2) is 0 Å². The summed E-state index contributed by atoms with van der Waals surface area (Å²) in [6, 6.07) is 0. The van der Waals surface area contributed by atoms with Gasteiger partial charge in [-0.15, -0.1) is 0 Å². The molecule has 0 heterocycles. The van der Waals surface area contributed by atoms with E-state index in [4.69, 9.17) is 5.73 Å². The second-order valence-electron chi connectivity index (χ2n) is 3.41. The van der Waals surface area contributed by atoms with Gasteiger partial charge < -0.3 is 10.5 Å². The Hall–Kier alpha value is -1.06. The third-order valence-corrected chi connectivity index (χ3v) is 1.54. The van der Waals surface area contributed by atoms with E-state index in [2.05, 4.69) is 18.6 Å². The van der Waals surface area contributed by atoms with Gasteiger partial charge in [0.2, 0.25) is 0 Å². The Balaban J connectivity index is 3.36. The van der Waals surface area contributed by atoms with E-state index in [-0.39, 0.29) is 12.6 Å². The summed E-state index contributed by atoms with van der Waals surface area (Å²) in [4.78, 5) is 21.1. The van der Waals surface area contributed by atoms with E-state index in [1.165, 1.54) is 0 Å². The lowest BCUT2D eigenvalue weighted by atomic mass is 10.1. The molecule has 0 fully saturated rings. The van der Waals surface area contributed by atoms with Gasteiger partial charge in [0.05, 0.1) is 0 Å². The summed E-state index contributed by atoms with van der Waals surface area (Å²) >= 11 is 0. The molecule has 0 unspecified atom stereocenters. The predicted octanol–water partition coefficient (Wildman–Crippen LogP) is 0.841. The number of hydrogen-bond acceptors (Lipinski definition) is 3. The fraction of sp³-hybridized carbons (Fsp3) is 0.778. The molecule has 0 aromatic carbocycles. The van der Waals surface area contributed by atoms with Gasteiger partial charge in [0.15, 0.2) is 6.61 Å². The van der Waals surface area contributed by atoms with Crippen LogP contribution in [0.4, 0.5) is 0 Å². The SMILES string of the molecule is CC(C)CCCC(=O)OCC(N)=O. The first-order valence-electron chi connectivity index (χ1n) is 4.46. The maximum Gasteiger partial charge on any atom is 0.306 e. The zero-order valence-electron chi connectivity index (χ0n) is 8.21. The minimum absolute atomic E-state index is 0.305. The van der Waals surface area contributed by atoms with E-state index < -0.39 is 5.91 Å². The molecule has 1 amide bonds. The zero-order valence-corrected chi connectivity index (χ0v) is 8.21. The van der Waals surface area contributed by atoms with Gasteiger partial charge in [-0.1, -0.05) is 20.3 Å². The predicted molar refractivity (Wildman–Crippen MR) is 48.8 cm³/mol. The van der Waals surface area contributed by atoms with Crippen molar-refractivity contribution >= 4 is 11.9 Å². The van der Waals surface area contributed by atoms with E-state index in [1.807, 2.05) is 0 Å². The summed E-state index contributed by atoms with van der Waals surface area (Å²) in [6.07, 6.45) is 2.16. The third-order valence-electron chi connectivity index (χ3n) is 1.54. The lowest BCUT2D eigenvalue weighted by Crippen LogP contribution is -2.20. The van der Waals surface area contributed by atoms with Crippen molar-refractivity contribution in [3.8, 4) is 0 Å². The molecule has 0 aromatic rings. The minimum atomic E-state index is -0.614. The summed E-state index contributed by atoms with van der Waals surface area (Å²) in [5.74, 6) is -0.374. The number of esters is 1. The molecule has 4 heteroatoms. The number of ether oxygens (including phenoxy) is 1. The molecule has 76 valence electrons. The first-order chi connectivity index (χ1) is 6.02. The molecule has 0 saturated carbocycles. The van der Waals surface area contributed by atoms with E-state index in [0.29, 0.717) is 12.3 Å². The van der Waals surface area contributed by atoms with Gasteiger partial charge in [-0.25, -0.2) is 0 Å². The average molecular weight is 187 g/mol. The highest BCUT2D eigenvalue weighted by atomic mass is 16.5. The highest BCUT2D eigenvalue weighted by Gasteiger charge is 2.04. The lowest BCUT2D eigenvalue weighted by Gasteiger charge is -2.04. The standard InChI is InChI=1S/C9H17NO3/c1-7(2)4-3-5-9(12)13-6-8(10)11/h7H,3-6H2,1-2H3,(H2,10,11). The molecule has 0 aliphatic carbocycles. The summed E-state index contributed by atoms with van der Waals surface area (Å²) in [6.45, 7) is 3.88. The molecule has 0 aromatic heterocycles. The molecule has 0 rings (SSSR count). The maximum atomic E-state index is 10.9. The Labute approximate surface area is 78.4 Å². The number of rotatable bonds is 6. The molecule has 0 spiro atoms. The van der Waals surface area contributed by atoms with Gasteiger partial charge >= 0.3 is 5.97 Å². The first-order valence-corrected chi connectivity index (χ1v) is 4.46. The van der Waals surface area contributed by atoms with Gasteiger partial charge in [-0.2, -0.15) is 0 Å². The van der Waals surface area contributed by atoms with Crippen LogP contribution in [0.2, 0.25) is 0 Å². The molecule has 0 saturated heterocycles. The van der Waals surface area contributed by atoms with Crippen LogP contribution < -0.4 is 5.73 Å². The Morgan fingerprint density at radius 2 is 2.00 bits per heavy atom. The number of amides is 1. The number of carbonyl (C=O) groups is 2. The quantitative estimate of drug-likeness (QED) is 0.626. The largest absolute Gasteiger partial charge is 0.456 e. The van der Waals surface area contributed by atoms with Crippen LogP contribution in [0.5, 0.6) is 0 Å². The molecule has 4 nitrogen and oxygen atoms in total. The molecule has 13 heavy (non-hydrogen) atoms. The average Bonchev–Trinajstić information content (AvgIpc) is 2.00. The van der Waals surface area contributed by atoms with Crippen molar-refractivity contribution in [1.29, 1.82) is 0 Å². The van der Waals surface area contributed by atoms with Crippen LogP contribution in [0, 0.1) is 5.92 Å². The Morgan fingerprint density at radius 3 is 2.46 bits per heavy atom. The van der Waals surface area contributed by atoms with E-state index in [1.54, 1.807) is 0 Å². The van der Waals surface area contributed by atoms with Crippen LogP contribution in [0.1, 0.15) is 33.1 Å². The zero-order chi connectivity index (χ0) is 10.3. The van der Waals surface area contributed by atoms with Crippen LogP contribution in [0.25, 0.3) is 0 Å². The van der Waals surface area contributed by atoms with Crippen molar-refractivity contribution < 1.29 is 14.3 Å². The molecule has 0 aliphatic rings. The highest BCUT2D eigenvalue weighted by molar-refractivity contribution is 5.78. The topological polar surface area (TPSA) is 69.4 Å². The third kappa shape index (κ3) is 8.85. The van der Waals surface area contributed by atoms with Crippen molar-refractivity contribution in [2.75, 3.05) is 6.61 Å². The molecule has 0 bridgehead atoms. The molecule has 0 radical (unpaired) electrons. The Bertz CT molecular complexity index is 178. The number of primary amides is 1. The minimum Gasteiger partial charge on any atom is -0.456 e. The summed E-state index contributed by atoms with van der Waals surface area (Å²) < 4.78 is 4.57. The van der Waals surface area contributed by atoms with Gasteiger partial charge in [-0.05, 0) is 12.3 Å². The summed E-state index contributed by atoms with van der Waals surface area (Å²) in [5.41, 5.74) is 4.80. The smallest absolute Gasteiger partial charge is 0.306 e. The van der Waals surface area contributed by atoms with Crippen molar-refractivity contribution in [1.82, 2.24) is 0 Å². The lowest BCUT2D eigenvalue weighted by molar-refractivity contribution is -0.147. The number of hydrogen-bond donors (Lipinski definition) is 1. The van der Waals surface area contributed by atoms with E-state index >= 15 is 0 Å². The van der Waals surface area contributed by atoms with Crippen LogP contribution in [-0.2, 0) is 14.3 Å². The van der Waals surface area contributed by atoms with Crippen LogP contribution in [-0.4, -0.2) is 18.5 Å². The molecular weight excluding hydrogens is 170 g/mol. The Morgan fingerprint density at radius 1 is 1.38 bits per heavy atom. The fourth-order valence-corrected chi connectivity index (χ4v) is 0.878. The van der Waals surface area contributed by atoms with Crippen molar-refractivity contribution in [2.45, 2.75) is 33.1 Å². The van der Waals surface area contributed by atoms with Crippen molar-refractivity contribution in [3.05, 3.63) is 0 Å². The first kappa shape index (κ1) is 11.9. The maximum absolute atomic E-state index is 10.9. The van der Waals surface area contributed by atoms with E-state index in [9.17, 15) is 9.59 Å². The second-order valence-corrected chi connectivity index (χ2v) is 3.41. The summed E-state index contributed by atoms with van der Waals surface area (Å²) in [7, 11) is 0. The van der Waals surface area contributed by atoms with Crippen molar-refractivity contribution in [2.24, 2.45) is 11.7 Å². The highest BCUT2D eigenvalue weighted by Crippen LogP contribution is 2.06. The van der Waals surface area contributed by atoms with Crippen molar-refractivity contribution in [3.63, 3.8) is 0 Å². The van der Waals surface area contributed by atoms with Gasteiger partial charge in [0.1, 0.15) is 0 Å². The summed E-state index contributed by atoms with van der Waals surface area (Å²) in [5, 5.41) is 0.